The second-order valence-corrected chi connectivity index (χ2v) is 6.19. The van der Waals surface area contributed by atoms with Gasteiger partial charge in [-0.15, -0.1) is 0 Å². The minimum absolute atomic E-state index is 0.00482. The summed E-state index contributed by atoms with van der Waals surface area (Å²) >= 11 is 3.38. The first-order chi connectivity index (χ1) is 9.01. The van der Waals surface area contributed by atoms with Gasteiger partial charge in [0.15, 0.2) is 5.82 Å². The molecule has 0 aromatic carbocycles. The summed E-state index contributed by atoms with van der Waals surface area (Å²) < 4.78 is 2.48. The predicted octanol–water partition coefficient (Wildman–Crippen LogP) is 2.15. The Morgan fingerprint density at radius 3 is 3.05 bits per heavy atom. The minimum Gasteiger partial charge on any atom is -0.307 e. The molecule has 0 spiro atoms. The fourth-order valence-electron chi connectivity index (χ4n) is 2.48. The van der Waals surface area contributed by atoms with Gasteiger partial charge < -0.3 is 10.6 Å². The molecule has 3 atom stereocenters. The first-order valence-corrected chi connectivity index (χ1v) is 7.54. The number of halogens is 1. The molecule has 2 rings (SSSR count). The Morgan fingerprint density at radius 1 is 1.74 bits per heavy atom. The quantitative estimate of drug-likeness (QED) is 0.890. The Bertz CT molecular complexity index is 459. The number of aromatic nitrogens is 2. The molecule has 1 aliphatic heterocycles. The maximum absolute atomic E-state index is 12.2. The second kappa shape index (κ2) is 6.05. The number of hydrogen-bond acceptors (Lipinski definition) is 3. The lowest BCUT2D eigenvalue weighted by molar-refractivity contribution is -0.117. The van der Waals surface area contributed by atoms with Crippen molar-refractivity contribution in [1.82, 2.24) is 15.1 Å². The van der Waals surface area contributed by atoms with Gasteiger partial charge in [0.2, 0.25) is 5.91 Å². The molecule has 19 heavy (non-hydrogen) atoms. The van der Waals surface area contributed by atoms with E-state index in [2.05, 4.69) is 45.5 Å². The summed E-state index contributed by atoms with van der Waals surface area (Å²) in [6.07, 6.45) is 3.89. The first kappa shape index (κ1) is 14.5. The van der Waals surface area contributed by atoms with Crippen LogP contribution >= 0.6 is 15.9 Å². The Labute approximate surface area is 122 Å². The molecule has 2 heterocycles. The molecular weight excluding hydrogens is 308 g/mol. The van der Waals surface area contributed by atoms with E-state index in [1.165, 1.54) is 0 Å². The van der Waals surface area contributed by atoms with Crippen molar-refractivity contribution in [3.05, 3.63) is 10.7 Å². The lowest BCUT2D eigenvalue weighted by atomic mass is 9.89. The standard InChI is InChI=1S/C13H21BrN4O/c1-4-8(2)9-5-11(15-6-9)13(19)16-12-10(14)7-18(3)17-12/h7-9,11,15H,4-6H2,1-3H3,(H,16,17,19)/t8?,9?,11-/m0/s1. The Hall–Kier alpha value is -0.880. The highest BCUT2D eigenvalue weighted by Gasteiger charge is 2.32. The van der Waals surface area contributed by atoms with Gasteiger partial charge in [0.25, 0.3) is 0 Å². The molecule has 0 radical (unpaired) electrons. The molecule has 0 bridgehead atoms. The van der Waals surface area contributed by atoms with Crippen molar-refractivity contribution < 1.29 is 4.79 Å². The van der Waals surface area contributed by atoms with Gasteiger partial charge in [0.05, 0.1) is 10.5 Å². The second-order valence-electron chi connectivity index (χ2n) is 5.33. The Balaban J connectivity index is 1.93. The van der Waals surface area contributed by atoms with E-state index in [4.69, 9.17) is 0 Å². The number of carbonyl (C=O) groups is 1. The van der Waals surface area contributed by atoms with Gasteiger partial charge in [-0.2, -0.15) is 5.10 Å². The van der Waals surface area contributed by atoms with E-state index in [1.54, 1.807) is 4.68 Å². The van der Waals surface area contributed by atoms with E-state index in [-0.39, 0.29) is 11.9 Å². The zero-order valence-electron chi connectivity index (χ0n) is 11.6. The average Bonchev–Trinajstić information content (AvgIpc) is 2.96. The van der Waals surface area contributed by atoms with Crippen LogP contribution in [-0.4, -0.2) is 28.3 Å². The van der Waals surface area contributed by atoms with Crippen LogP contribution in [0.5, 0.6) is 0 Å². The molecule has 2 unspecified atom stereocenters. The molecule has 1 fully saturated rings. The lowest BCUT2D eigenvalue weighted by Gasteiger charge is -2.15. The smallest absolute Gasteiger partial charge is 0.242 e. The van der Waals surface area contributed by atoms with E-state index in [1.807, 2.05) is 13.2 Å². The summed E-state index contributed by atoms with van der Waals surface area (Å²) in [4.78, 5) is 12.2. The largest absolute Gasteiger partial charge is 0.307 e. The lowest BCUT2D eigenvalue weighted by Crippen LogP contribution is -2.35. The number of nitrogens with one attached hydrogen (secondary N) is 2. The third-order valence-electron chi connectivity index (χ3n) is 3.96. The molecule has 1 aromatic heterocycles. The highest BCUT2D eigenvalue weighted by Crippen LogP contribution is 2.26. The van der Waals surface area contributed by atoms with Gasteiger partial charge in [0.1, 0.15) is 0 Å². The van der Waals surface area contributed by atoms with Crippen LogP contribution in [0.25, 0.3) is 0 Å². The van der Waals surface area contributed by atoms with E-state index in [0.717, 1.165) is 23.9 Å². The fourth-order valence-corrected chi connectivity index (χ4v) is 2.95. The summed E-state index contributed by atoms with van der Waals surface area (Å²) in [5.74, 6) is 1.84. The van der Waals surface area contributed by atoms with Gasteiger partial charge in [-0.25, -0.2) is 0 Å². The summed E-state index contributed by atoms with van der Waals surface area (Å²) in [6.45, 7) is 5.38. The van der Waals surface area contributed by atoms with Crippen LogP contribution < -0.4 is 10.6 Å². The topological polar surface area (TPSA) is 59.0 Å². The average molecular weight is 329 g/mol. The monoisotopic (exact) mass is 328 g/mol. The summed E-state index contributed by atoms with van der Waals surface area (Å²) in [6, 6.07) is -0.104. The van der Waals surface area contributed by atoms with Crippen molar-refractivity contribution >= 4 is 27.7 Å². The highest BCUT2D eigenvalue weighted by atomic mass is 79.9. The van der Waals surface area contributed by atoms with Gasteiger partial charge in [-0.05, 0) is 40.7 Å². The zero-order chi connectivity index (χ0) is 14.0. The van der Waals surface area contributed by atoms with Crippen LogP contribution in [0.1, 0.15) is 26.7 Å². The zero-order valence-corrected chi connectivity index (χ0v) is 13.2. The molecule has 6 heteroatoms. The number of hydrogen-bond donors (Lipinski definition) is 2. The summed E-state index contributed by atoms with van der Waals surface area (Å²) in [7, 11) is 1.83. The first-order valence-electron chi connectivity index (χ1n) is 6.74. The number of aryl methyl sites for hydroxylation is 1. The molecule has 0 saturated carbocycles. The third-order valence-corrected chi connectivity index (χ3v) is 4.54. The molecule has 1 amide bonds. The van der Waals surface area contributed by atoms with Gasteiger partial charge >= 0.3 is 0 Å². The van der Waals surface area contributed by atoms with Gasteiger partial charge in [-0.3, -0.25) is 9.48 Å². The van der Waals surface area contributed by atoms with Crippen molar-refractivity contribution in [1.29, 1.82) is 0 Å². The van der Waals surface area contributed by atoms with Crippen LogP contribution in [0, 0.1) is 11.8 Å². The number of carbonyl (C=O) groups excluding carboxylic acids is 1. The van der Waals surface area contributed by atoms with Crippen LogP contribution in [0.3, 0.4) is 0 Å². The van der Waals surface area contributed by atoms with Crippen LogP contribution in [0.2, 0.25) is 0 Å². The molecule has 106 valence electrons. The van der Waals surface area contributed by atoms with E-state index in [9.17, 15) is 4.79 Å². The maximum Gasteiger partial charge on any atom is 0.242 e. The molecule has 5 nitrogen and oxygen atoms in total. The number of nitrogens with zero attached hydrogens (tertiary/aromatic N) is 2. The number of anilines is 1. The van der Waals surface area contributed by atoms with E-state index >= 15 is 0 Å². The molecule has 1 aliphatic rings. The summed E-state index contributed by atoms with van der Waals surface area (Å²) in [5, 5.41) is 10.4. The number of rotatable bonds is 4. The highest BCUT2D eigenvalue weighted by molar-refractivity contribution is 9.10. The van der Waals surface area contributed by atoms with Gasteiger partial charge in [0, 0.05) is 13.2 Å². The summed E-state index contributed by atoms with van der Waals surface area (Å²) in [5.41, 5.74) is 0. The molecular formula is C13H21BrN4O. The molecule has 1 aromatic rings. The Kier molecular flexibility index (Phi) is 4.62. The number of amides is 1. The predicted molar refractivity (Wildman–Crippen MR) is 78.9 cm³/mol. The SMILES string of the molecule is CCC(C)C1CN[C@H](C(=O)Nc2nn(C)cc2Br)C1. The fraction of sp³-hybridized carbons (Fsp3) is 0.692. The molecule has 2 N–H and O–H groups in total. The van der Waals surface area contributed by atoms with Crippen molar-refractivity contribution in [3.8, 4) is 0 Å². The molecule has 1 saturated heterocycles. The van der Waals surface area contributed by atoms with Crippen molar-refractivity contribution in [2.24, 2.45) is 18.9 Å². The molecule has 0 aliphatic carbocycles. The van der Waals surface area contributed by atoms with Gasteiger partial charge in [-0.1, -0.05) is 20.3 Å². The van der Waals surface area contributed by atoms with Crippen LogP contribution in [0.15, 0.2) is 10.7 Å². The third kappa shape index (κ3) is 3.36. The van der Waals surface area contributed by atoms with Crippen LogP contribution in [0.4, 0.5) is 5.82 Å². The van der Waals surface area contributed by atoms with Crippen LogP contribution in [-0.2, 0) is 11.8 Å². The normalized spacial score (nSPS) is 24.4. The van der Waals surface area contributed by atoms with Crippen molar-refractivity contribution in [2.45, 2.75) is 32.7 Å². The minimum atomic E-state index is -0.104. The van der Waals surface area contributed by atoms with E-state index in [0.29, 0.717) is 17.7 Å². The van der Waals surface area contributed by atoms with Crippen molar-refractivity contribution in [3.63, 3.8) is 0 Å². The van der Waals surface area contributed by atoms with E-state index < -0.39 is 0 Å². The Morgan fingerprint density at radius 2 is 2.47 bits per heavy atom. The van der Waals surface area contributed by atoms with Crippen molar-refractivity contribution in [2.75, 3.05) is 11.9 Å². The maximum atomic E-state index is 12.2.